The molecule has 0 spiro atoms. The number of hydrogen-bond donors (Lipinski definition) is 2. The van der Waals surface area contributed by atoms with E-state index in [2.05, 4.69) is 5.32 Å². The van der Waals surface area contributed by atoms with E-state index < -0.39 is 35.5 Å². The van der Waals surface area contributed by atoms with E-state index in [-0.39, 0.29) is 17.9 Å². The van der Waals surface area contributed by atoms with Crippen molar-refractivity contribution in [1.29, 1.82) is 0 Å². The summed E-state index contributed by atoms with van der Waals surface area (Å²) in [5.74, 6) is -2.71. The van der Waals surface area contributed by atoms with E-state index in [1.807, 2.05) is 0 Å². The molecule has 0 bridgehead atoms. The molecule has 0 saturated heterocycles. The predicted octanol–water partition coefficient (Wildman–Crippen LogP) is 3.15. The van der Waals surface area contributed by atoms with Gasteiger partial charge in [-0.2, -0.15) is 13.2 Å². The summed E-state index contributed by atoms with van der Waals surface area (Å²) in [6.07, 6.45) is -3.45. The molecule has 126 valence electrons. The third-order valence-corrected chi connectivity index (χ3v) is 3.93. The smallest absolute Gasteiger partial charge is 0.419 e. The third kappa shape index (κ3) is 3.94. The second-order valence-electron chi connectivity index (χ2n) is 5.45. The normalized spacial score (nSPS) is 21.0. The molecule has 2 N–H and O–H groups in total. The van der Waals surface area contributed by atoms with Crippen LogP contribution in [-0.2, 0) is 15.8 Å². The molecule has 8 heteroatoms. The summed E-state index contributed by atoms with van der Waals surface area (Å²) in [4.78, 5) is 23.0. The zero-order valence-electron chi connectivity index (χ0n) is 12.3. The van der Waals surface area contributed by atoms with E-state index in [9.17, 15) is 22.8 Å². The summed E-state index contributed by atoms with van der Waals surface area (Å²) in [7, 11) is 1.12. The van der Waals surface area contributed by atoms with Crippen LogP contribution in [0.2, 0.25) is 0 Å². The van der Waals surface area contributed by atoms with Gasteiger partial charge in [0.1, 0.15) is 5.75 Å². The fraction of sp³-hybridized carbons (Fsp3) is 0.467. The maximum atomic E-state index is 12.8. The Morgan fingerprint density at radius 1 is 1.26 bits per heavy atom. The Hall–Kier alpha value is -2.25. The lowest BCUT2D eigenvalue weighted by Crippen LogP contribution is -2.21. The zero-order valence-corrected chi connectivity index (χ0v) is 12.3. The Morgan fingerprint density at radius 3 is 2.43 bits per heavy atom. The fourth-order valence-corrected chi connectivity index (χ4v) is 2.69. The van der Waals surface area contributed by atoms with Gasteiger partial charge in [-0.3, -0.25) is 9.59 Å². The van der Waals surface area contributed by atoms with Gasteiger partial charge in [-0.25, -0.2) is 0 Å². The number of anilines is 1. The first-order valence-electron chi connectivity index (χ1n) is 7.01. The average Bonchev–Trinajstić information content (AvgIpc) is 2.96. The molecule has 2 atom stereocenters. The fourth-order valence-electron chi connectivity index (χ4n) is 2.69. The van der Waals surface area contributed by atoms with Crippen molar-refractivity contribution >= 4 is 17.6 Å². The number of halogens is 3. The first-order valence-corrected chi connectivity index (χ1v) is 7.01. The highest BCUT2D eigenvalue weighted by Gasteiger charge is 2.35. The summed E-state index contributed by atoms with van der Waals surface area (Å²) in [5, 5.41) is 11.4. The van der Waals surface area contributed by atoms with Crippen LogP contribution >= 0.6 is 0 Å². The molecule has 1 aliphatic rings. The van der Waals surface area contributed by atoms with Crippen molar-refractivity contribution in [1.82, 2.24) is 0 Å². The number of amides is 1. The Kier molecular flexibility index (Phi) is 4.82. The Bertz CT molecular complexity index is 615. The van der Waals surface area contributed by atoms with E-state index >= 15 is 0 Å². The second-order valence-corrected chi connectivity index (χ2v) is 5.45. The molecule has 5 nitrogen and oxygen atoms in total. The second kappa shape index (κ2) is 6.47. The molecule has 0 aliphatic heterocycles. The van der Waals surface area contributed by atoms with Crippen LogP contribution in [0.1, 0.15) is 24.8 Å². The molecule has 2 rings (SSSR count). The van der Waals surface area contributed by atoms with Gasteiger partial charge in [-0.1, -0.05) is 0 Å². The van der Waals surface area contributed by atoms with Crippen molar-refractivity contribution in [3.05, 3.63) is 23.8 Å². The maximum Gasteiger partial charge on any atom is 0.419 e. The van der Waals surface area contributed by atoms with Gasteiger partial charge in [0.15, 0.2) is 0 Å². The number of alkyl halides is 3. The van der Waals surface area contributed by atoms with Crippen molar-refractivity contribution in [2.75, 3.05) is 12.4 Å². The van der Waals surface area contributed by atoms with E-state index in [0.29, 0.717) is 12.8 Å². The minimum atomic E-state index is -4.55. The number of ether oxygens (including phenoxy) is 1. The third-order valence-electron chi connectivity index (χ3n) is 3.93. The minimum absolute atomic E-state index is 0.179. The molecular weight excluding hydrogens is 315 g/mol. The van der Waals surface area contributed by atoms with E-state index in [0.717, 1.165) is 25.3 Å². The number of benzene rings is 1. The van der Waals surface area contributed by atoms with Crippen LogP contribution in [0.15, 0.2) is 18.2 Å². The topological polar surface area (TPSA) is 75.6 Å². The molecule has 1 aromatic carbocycles. The lowest BCUT2D eigenvalue weighted by atomic mass is 10.0. The first kappa shape index (κ1) is 17.1. The number of methoxy groups -OCH3 is 1. The summed E-state index contributed by atoms with van der Waals surface area (Å²) in [6, 6.07) is 3.08. The number of carboxylic acids is 1. The van der Waals surface area contributed by atoms with Crippen molar-refractivity contribution < 1.29 is 32.6 Å². The summed E-state index contributed by atoms with van der Waals surface area (Å²) in [5.41, 5.74) is -0.747. The molecule has 1 aromatic rings. The van der Waals surface area contributed by atoms with Gasteiger partial charge in [-0.15, -0.1) is 0 Å². The molecule has 1 fully saturated rings. The Morgan fingerprint density at radius 2 is 1.91 bits per heavy atom. The molecule has 0 radical (unpaired) electrons. The average molecular weight is 331 g/mol. The van der Waals surface area contributed by atoms with Gasteiger partial charge >= 0.3 is 12.1 Å². The van der Waals surface area contributed by atoms with Gasteiger partial charge in [0, 0.05) is 17.7 Å². The number of nitrogens with one attached hydrogen (secondary N) is 1. The lowest BCUT2D eigenvalue weighted by Gasteiger charge is -2.15. The monoisotopic (exact) mass is 331 g/mol. The number of carboxylic acid groups (broad SMARTS) is 1. The van der Waals surface area contributed by atoms with Gasteiger partial charge in [0.2, 0.25) is 5.91 Å². The SMILES string of the molecule is COc1cc(NC(=O)[C@@H]2CC[C@H](C(=O)O)C2)ccc1C(F)(F)F. The summed E-state index contributed by atoms with van der Waals surface area (Å²) >= 11 is 0. The number of rotatable bonds is 4. The number of carbonyl (C=O) groups is 2. The van der Waals surface area contributed by atoms with Crippen molar-refractivity contribution in [3.8, 4) is 5.75 Å². The Labute approximate surface area is 130 Å². The van der Waals surface area contributed by atoms with Gasteiger partial charge in [0.25, 0.3) is 0 Å². The van der Waals surface area contributed by atoms with Crippen LogP contribution in [-0.4, -0.2) is 24.1 Å². The lowest BCUT2D eigenvalue weighted by molar-refractivity contribution is -0.141. The molecule has 1 saturated carbocycles. The quantitative estimate of drug-likeness (QED) is 0.889. The minimum Gasteiger partial charge on any atom is -0.496 e. The van der Waals surface area contributed by atoms with E-state index in [4.69, 9.17) is 9.84 Å². The molecular formula is C15H16F3NO4. The summed E-state index contributed by atoms with van der Waals surface area (Å²) < 4.78 is 43.0. The molecule has 1 aliphatic carbocycles. The molecule has 1 amide bonds. The van der Waals surface area contributed by atoms with E-state index in [1.54, 1.807) is 0 Å². The highest BCUT2D eigenvalue weighted by Crippen LogP contribution is 2.38. The Balaban J connectivity index is 2.09. The van der Waals surface area contributed by atoms with Crippen molar-refractivity contribution in [2.45, 2.75) is 25.4 Å². The number of aliphatic carboxylic acids is 1. The van der Waals surface area contributed by atoms with Crippen LogP contribution in [0, 0.1) is 11.8 Å². The largest absolute Gasteiger partial charge is 0.496 e. The predicted molar refractivity (Wildman–Crippen MR) is 75.1 cm³/mol. The molecule has 0 aromatic heterocycles. The van der Waals surface area contributed by atoms with Gasteiger partial charge < -0.3 is 15.2 Å². The van der Waals surface area contributed by atoms with Crippen LogP contribution in [0.4, 0.5) is 18.9 Å². The molecule has 0 heterocycles. The van der Waals surface area contributed by atoms with E-state index in [1.165, 1.54) is 0 Å². The summed E-state index contributed by atoms with van der Waals surface area (Å²) in [6.45, 7) is 0. The highest BCUT2D eigenvalue weighted by atomic mass is 19.4. The number of hydrogen-bond acceptors (Lipinski definition) is 3. The zero-order chi connectivity index (χ0) is 17.2. The van der Waals surface area contributed by atoms with Crippen LogP contribution in [0.5, 0.6) is 5.75 Å². The van der Waals surface area contributed by atoms with Gasteiger partial charge in [-0.05, 0) is 31.4 Å². The first-order chi connectivity index (χ1) is 10.7. The molecule has 23 heavy (non-hydrogen) atoms. The standard InChI is InChI=1S/C15H16F3NO4/c1-23-12-7-10(4-5-11(12)15(16,17)18)19-13(20)8-2-3-9(6-8)14(21)22/h4-5,7-9H,2-3,6H2,1H3,(H,19,20)(H,21,22)/t8-,9+/m1/s1. The maximum absolute atomic E-state index is 12.8. The van der Waals surface area contributed by atoms with Crippen molar-refractivity contribution in [2.24, 2.45) is 11.8 Å². The van der Waals surface area contributed by atoms with Crippen LogP contribution in [0.25, 0.3) is 0 Å². The van der Waals surface area contributed by atoms with Crippen molar-refractivity contribution in [3.63, 3.8) is 0 Å². The van der Waals surface area contributed by atoms with Gasteiger partial charge in [0.05, 0.1) is 18.6 Å². The van der Waals surface area contributed by atoms with Crippen LogP contribution < -0.4 is 10.1 Å². The number of carbonyl (C=O) groups excluding carboxylic acids is 1. The molecule has 0 unspecified atom stereocenters. The highest BCUT2D eigenvalue weighted by molar-refractivity contribution is 5.93. The van der Waals surface area contributed by atoms with Crippen LogP contribution in [0.3, 0.4) is 0 Å².